The molecule has 0 radical (unpaired) electrons. The van der Waals surface area contributed by atoms with Gasteiger partial charge in [-0.25, -0.2) is 0 Å². The van der Waals surface area contributed by atoms with E-state index in [1.165, 1.54) is 0 Å². The molecule has 0 aliphatic carbocycles. The van der Waals surface area contributed by atoms with Gasteiger partial charge in [-0.1, -0.05) is 0 Å². The van der Waals surface area contributed by atoms with Crippen LogP contribution in [0.4, 0.5) is 0 Å². The zero-order chi connectivity index (χ0) is 16.6. The molecule has 0 bridgehead atoms. The van der Waals surface area contributed by atoms with E-state index < -0.39 is 50.0 Å². The largest absolute Gasteiger partial charge is 0.480 e. The first-order chi connectivity index (χ1) is 9.63. The summed E-state index contributed by atoms with van der Waals surface area (Å²) >= 11 is 0. The van der Waals surface area contributed by atoms with Crippen molar-refractivity contribution >= 4 is 23.9 Å². The zero-order valence-electron chi connectivity index (χ0n) is 11.4. The molecule has 0 heterocycles. The Morgan fingerprint density at radius 2 is 1.05 bits per heavy atom. The van der Waals surface area contributed by atoms with Crippen LogP contribution in [0.5, 0.6) is 0 Å². The van der Waals surface area contributed by atoms with Crippen LogP contribution in [0.25, 0.3) is 0 Å². The normalized spacial score (nSPS) is 13.0. The molecule has 0 aromatic heterocycles. The molecule has 0 aromatic rings. The maximum atomic E-state index is 10.7. The first-order valence-electron chi connectivity index (χ1n) is 5.98. The van der Waals surface area contributed by atoms with E-state index in [-0.39, 0.29) is 13.1 Å². The molecule has 0 aromatic carbocycles. The van der Waals surface area contributed by atoms with Gasteiger partial charge in [-0.2, -0.15) is 0 Å². The first kappa shape index (κ1) is 15.9. The summed E-state index contributed by atoms with van der Waals surface area (Å²) in [4.78, 5) is 44.3. The summed E-state index contributed by atoms with van der Waals surface area (Å²) in [5, 5.41) is 34.6. The third-order valence-corrected chi connectivity index (χ3v) is 2.05. The standard InChI is InChI=1S/C10H16N2O8/c13-7(14)3-11(4-8(15)16)1-2-12(5-9(17)18)6-10(19)20/h1-6H2,(H,13,14)(H,15,16)(H,17,18)(H,19,20)/i3T. The van der Waals surface area contributed by atoms with Crippen molar-refractivity contribution < 1.29 is 41.0 Å². The molecule has 0 aliphatic rings. The molecule has 0 aliphatic heterocycles. The fraction of sp³-hybridized carbons (Fsp3) is 0.600. The summed E-state index contributed by atoms with van der Waals surface area (Å²) in [6.45, 7) is -4.22. The number of hydrogen-bond donors (Lipinski definition) is 4. The molecule has 0 saturated carbocycles. The molecule has 0 spiro atoms. The van der Waals surface area contributed by atoms with Gasteiger partial charge in [0.15, 0.2) is 0 Å². The van der Waals surface area contributed by atoms with Gasteiger partial charge in [-0.15, -0.1) is 0 Å². The lowest BCUT2D eigenvalue weighted by Gasteiger charge is -2.23. The molecular weight excluding hydrogens is 276 g/mol. The predicted octanol–water partition coefficient (Wildman–Crippen LogP) is -2.07. The fourth-order valence-electron chi connectivity index (χ4n) is 1.39. The SMILES string of the molecule is [3H]C(C(=O)O)N(CCN(CC(=O)O)CC(=O)O)CC(=O)O. The van der Waals surface area contributed by atoms with E-state index in [4.69, 9.17) is 21.8 Å². The lowest BCUT2D eigenvalue weighted by molar-refractivity contribution is -0.145. The molecular formula is C10H16N2O8. The number of carboxylic acid groups (broad SMARTS) is 4. The van der Waals surface area contributed by atoms with Gasteiger partial charge >= 0.3 is 23.9 Å². The molecule has 1 unspecified atom stereocenters. The van der Waals surface area contributed by atoms with E-state index >= 15 is 0 Å². The molecule has 114 valence electrons. The smallest absolute Gasteiger partial charge is 0.317 e. The van der Waals surface area contributed by atoms with Gasteiger partial charge in [0.25, 0.3) is 0 Å². The van der Waals surface area contributed by atoms with E-state index in [1.807, 2.05) is 0 Å². The van der Waals surface area contributed by atoms with Gasteiger partial charge in [0.2, 0.25) is 0 Å². The van der Waals surface area contributed by atoms with Crippen molar-refractivity contribution in [3.63, 3.8) is 0 Å². The highest BCUT2D eigenvalue weighted by Crippen LogP contribution is 1.94. The van der Waals surface area contributed by atoms with Crippen molar-refractivity contribution in [1.82, 2.24) is 9.80 Å². The Bertz CT molecular complexity index is 400. The third kappa shape index (κ3) is 9.79. The minimum atomic E-state index is -1.84. The van der Waals surface area contributed by atoms with Crippen LogP contribution < -0.4 is 0 Å². The molecule has 20 heavy (non-hydrogen) atoms. The minimum absolute atomic E-state index is 0.200. The molecule has 10 nitrogen and oxygen atoms in total. The van der Waals surface area contributed by atoms with Gasteiger partial charge in [0.1, 0.15) is 0 Å². The van der Waals surface area contributed by atoms with Crippen LogP contribution in [0.1, 0.15) is 1.37 Å². The van der Waals surface area contributed by atoms with E-state index in [0.717, 1.165) is 9.80 Å². The van der Waals surface area contributed by atoms with Crippen molar-refractivity contribution in [1.29, 1.82) is 0 Å². The molecule has 4 N–H and O–H groups in total. The Kier molecular flexibility index (Phi) is 7.00. The number of carbonyl (C=O) groups is 4. The highest BCUT2D eigenvalue weighted by Gasteiger charge is 2.17. The van der Waals surface area contributed by atoms with Crippen LogP contribution in [0, 0.1) is 0 Å². The highest BCUT2D eigenvalue weighted by molar-refractivity contribution is 5.73. The molecule has 0 amide bonds. The van der Waals surface area contributed by atoms with Crippen molar-refractivity contribution in [3.8, 4) is 0 Å². The van der Waals surface area contributed by atoms with E-state index in [2.05, 4.69) is 0 Å². The predicted molar refractivity (Wildman–Crippen MR) is 63.4 cm³/mol. The zero-order valence-corrected chi connectivity index (χ0v) is 10.4. The third-order valence-electron chi connectivity index (χ3n) is 2.05. The Morgan fingerprint density at radius 3 is 1.40 bits per heavy atom. The maximum absolute atomic E-state index is 10.7. The van der Waals surface area contributed by atoms with Gasteiger partial charge in [0.05, 0.1) is 27.5 Å². The van der Waals surface area contributed by atoms with Crippen molar-refractivity contribution in [3.05, 3.63) is 0 Å². The Balaban J connectivity index is 4.72. The quantitative estimate of drug-likeness (QED) is 0.334. The lowest BCUT2D eigenvalue weighted by Crippen LogP contribution is -2.43. The number of rotatable bonds is 11. The van der Waals surface area contributed by atoms with Gasteiger partial charge in [0, 0.05) is 13.1 Å². The minimum Gasteiger partial charge on any atom is -0.480 e. The average molecular weight is 294 g/mol. The van der Waals surface area contributed by atoms with Crippen LogP contribution in [0.15, 0.2) is 0 Å². The summed E-state index contributed by atoms with van der Waals surface area (Å²) in [7, 11) is 0. The molecule has 1 atom stereocenters. The molecule has 0 rings (SSSR count). The molecule has 0 saturated heterocycles. The fourth-order valence-corrected chi connectivity index (χ4v) is 1.39. The van der Waals surface area contributed by atoms with Crippen LogP contribution in [-0.2, 0) is 19.2 Å². The van der Waals surface area contributed by atoms with Crippen LogP contribution in [0.2, 0.25) is 0 Å². The Morgan fingerprint density at radius 1 is 0.700 bits per heavy atom. The number of nitrogens with zero attached hydrogens (tertiary/aromatic N) is 2. The van der Waals surface area contributed by atoms with Gasteiger partial charge in [-0.3, -0.25) is 29.0 Å². The lowest BCUT2D eigenvalue weighted by atomic mass is 10.4. The molecule has 0 fully saturated rings. The second-order valence-corrected chi connectivity index (χ2v) is 3.83. The maximum Gasteiger partial charge on any atom is 0.317 e. The van der Waals surface area contributed by atoms with Gasteiger partial charge < -0.3 is 20.4 Å². The van der Waals surface area contributed by atoms with Crippen LogP contribution in [-0.4, -0.2) is 93.3 Å². The first-order valence-corrected chi connectivity index (χ1v) is 5.40. The van der Waals surface area contributed by atoms with Crippen molar-refractivity contribution in [2.75, 3.05) is 39.2 Å². The second-order valence-electron chi connectivity index (χ2n) is 3.83. The van der Waals surface area contributed by atoms with Gasteiger partial charge in [-0.05, 0) is 0 Å². The topological polar surface area (TPSA) is 156 Å². The van der Waals surface area contributed by atoms with Crippen molar-refractivity contribution in [2.24, 2.45) is 0 Å². The number of aliphatic carboxylic acids is 4. The number of hydrogen-bond acceptors (Lipinski definition) is 6. The second kappa shape index (κ2) is 8.82. The summed E-state index contributed by atoms with van der Waals surface area (Å²) in [6.07, 6.45) is 0. The highest BCUT2D eigenvalue weighted by atomic mass is 16.4. The van der Waals surface area contributed by atoms with E-state index in [0.29, 0.717) is 0 Å². The van der Waals surface area contributed by atoms with E-state index in [9.17, 15) is 19.2 Å². The Labute approximate surface area is 115 Å². The van der Waals surface area contributed by atoms with Crippen LogP contribution >= 0.6 is 0 Å². The Hall–Kier alpha value is -2.20. The molecule has 10 heteroatoms. The van der Waals surface area contributed by atoms with Crippen molar-refractivity contribution in [2.45, 2.75) is 0 Å². The summed E-state index contributed by atoms with van der Waals surface area (Å²) in [5.74, 6) is -5.46. The average Bonchev–Trinajstić information content (AvgIpc) is 2.31. The summed E-state index contributed by atoms with van der Waals surface area (Å²) < 4.78 is 7.32. The number of carboxylic acids is 4. The monoisotopic (exact) mass is 294 g/mol. The summed E-state index contributed by atoms with van der Waals surface area (Å²) in [5.41, 5.74) is 0. The van der Waals surface area contributed by atoms with E-state index in [1.54, 1.807) is 0 Å². The van der Waals surface area contributed by atoms with Crippen LogP contribution in [0.3, 0.4) is 0 Å². The summed E-state index contributed by atoms with van der Waals surface area (Å²) in [6, 6.07) is 0.